The summed E-state index contributed by atoms with van der Waals surface area (Å²) < 4.78 is 0. The minimum absolute atomic E-state index is 0.0356. The molecule has 0 amide bonds. The Balaban J connectivity index is 2.26. The molecule has 1 aromatic heterocycles. The molecule has 1 fully saturated rings. The third kappa shape index (κ3) is 2.33. The van der Waals surface area contributed by atoms with Crippen molar-refractivity contribution < 1.29 is 4.92 Å². The summed E-state index contributed by atoms with van der Waals surface area (Å²) in [4.78, 5) is 14.3. The minimum Gasteiger partial charge on any atom is -0.364 e. The molecular weight excluding hydrogens is 220 g/mol. The van der Waals surface area contributed by atoms with Crippen LogP contribution in [0.4, 0.5) is 11.5 Å². The van der Waals surface area contributed by atoms with Crippen LogP contribution in [-0.2, 0) is 0 Å². The molecule has 0 atom stereocenters. The molecular formula is C11H12N4O2. The number of nitriles is 1. The van der Waals surface area contributed by atoms with E-state index in [1.54, 1.807) is 0 Å². The van der Waals surface area contributed by atoms with Gasteiger partial charge in [0, 0.05) is 12.7 Å². The average Bonchev–Trinajstić information content (AvgIpc) is 3.04. The highest BCUT2D eigenvalue weighted by Gasteiger charge is 2.37. The molecule has 88 valence electrons. The maximum Gasteiger partial charge on any atom is 0.328 e. The van der Waals surface area contributed by atoms with Gasteiger partial charge in [-0.3, -0.25) is 10.1 Å². The van der Waals surface area contributed by atoms with Crippen molar-refractivity contribution in [1.29, 1.82) is 5.26 Å². The van der Waals surface area contributed by atoms with Crippen molar-refractivity contribution in [3.8, 4) is 6.07 Å². The summed E-state index contributed by atoms with van der Waals surface area (Å²) in [5.41, 5.74) is 0.0192. The van der Waals surface area contributed by atoms with E-state index in [0.717, 1.165) is 12.8 Å². The molecule has 0 aromatic carbocycles. The van der Waals surface area contributed by atoms with E-state index in [0.29, 0.717) is 6.54 Å². The van der Waals surface area contributed by atoms with E-state index in [1.807, 2.05) is 6.07 Å². The summed E-state index contributed by atoms with van der Waals surface area (Å²) in [6, 6.07) is 3.16. The van der Waals surface area contributed by atoms with E-state index in [1.165, 1.54) is 12.3 Å². The number of aromatic nitrogens is 1. The van der Waals surface area contributed by atoms with Gasteiger partial charge in [0.2, 0.25) is 5.82 Å². The first-order chi connectivity index (χ1) is 8.06. The Kier molecular flexibility index (Phi) is 2.68. The predicted octanol–water partition coefficient (Wildman–Crippen LogP) is 2.07. The molecule has 6 nitrogen and oxygen atoms in total. The van der Waals surface area contributed by atoms with Gasteiger partial charge in [-0.2, -0.15) is 5.26 Å². The number of nitro groups is 1. The third-order valence-electron chi connectivity index (χ3n) is 3.01. The molecule has 1 aliphatic rings. The number of nitrogens with one attached hydrogen (secondary N) is 1. The Bertz CT molecular complexity index is 503. The monoisotopic (exact) mass is 232 g/mol. The molecule has 1 aliphatic carbocycles. The zero-order chi connectivity index (χ0) is 12.5. The highest BCUT2D eigenvalue weighted by Crippen LogP contribution is 2.45. The lowest BCUT2D eigenvalue weighted by molar-refractivity contribution is -0.384. The molecule has 17 heavy (non-hydrogen) atoms. The molecule has 6 heteroatoms. The van der Waals surface area contributed by atoms with Crippen LogP contribution < -0.4 is 5.32 Å². The lowest BCUT2D eigenvalue weighted by Crippen LogP contribution is -2.14. The van der Waals surface area contributed by atoms with E-state index in [4.69, 9.17) is 5.26 Å². The molecule has 1 saturated carbocycles. The summed E-state index contributed by atoms with van der Waals surface area (Å²) in [6.45, 7) is 2.76. The second-order valence-corrected chi connectivity index (χ2v) is 4.59. The van der Waals surface area contributed by atoms with Gasteiger partial charge in [-0.05, 0) is 24.3 Å². The summed E-state index contributed by atoms with van der Waals surface area (Å²) in [5, 5.41) is 22.7. The van der Waals surface area contributed by atoms with Crippen molar-refractivity contribution in [2.24, 2.45) is 5.41 Å². The van der Waals surface area contributed by atoms with E-state index >= 15 is 0 Å². The van der Waals surface area contributed by atoms with Crippen LogP contribution in [0.15, 0.2) is 12.3 Å². The fourth-order valence-corrected chi connectivity index (χ4v) is 1.55. The van der Waals surface area contributed by atoms with Gasteiger partial charge in [-0.25, -0.2) is 4.98 Å². The molecule has 0 radical (unpaired) electrons. The molecule has 1 heterocycles. The molecule has 1 aromatic rings. The quantitative estimate of drug-likeness (QED) is 0.633. The van der Waals surface area contributed by atoms with Crippen molar-refractivity contribution >= 4 is 11.5 Å². The van der Waals surface area contributed by atoms with Gasteiger partial charge >= 0.3 is 5.69 Å². The van der Waals surface area contributed by atoms with Crippen LogP contribution in [0.1, 0.15) is 25.3 Å². The number of pyridine rings is 1. The van der Waals surface area contributed by atoms with Crippen molar-refractivity contribution in [1.82, 2.24) is 4.98 Å². The summed E-state index contributed by atoms with van der Waals surface area (Å²) in [7, 11) is 0. The van der Waals surface area contributed by atoms with E-state index in [9.17, 15) is 10.1 Å². The van der Waals surface area contributed by atoms with E-state index < -0.39 is 4.92 Å². The number of anilines is 1. The van der Waals surface area contributed by atoms with Crippen molar-refractivity contribution in [2.45, 2.75) is 19.8 Å². The zero-order valence-corrected chi connectivity index (χ0v) is 9.43. The van der Waals surface area contributed by atoms with Crippen LogP contribution in [0.3, 0.4) is 0 Å². The maximum atomic E-state index is 10.9. The van der Waals surface area contributed by atoms with Gasteiger partial charge in [0.05, 0.1) is 4.92 Å². The molecule has 0 saturated heterocycles. The zero-order valence-electron chi connectivity index (χ0n) is 9.43. The van der Waals surface area contributed by atoms with Crippen molar-refractivity contribution in [2.75, 3.05) is 11.9 Å². The average molecular weight is 232 g/mol. The Labute approximate surface area is 98.4 Å². The summed E-state index contributed by atoms with van der Waals surface area (Å²) in [6.07, 6.45) is 3.64. The molecule has 2 rings (SSSR count). The molecule has 1 N–H and O–H groups in total. The topological polar surface area (TPSA) is 91.8 Å². The van der Waals surface area contributed by atoms with Crippen molar-refractivity contribution in [3.05, 3.63) is 27.9 Å². The van der Waals surface area contributed by atoms with E-state index in [2.05, 4.69) is 17.2 Å². The fourth-order valence-electron chi connectivity index (χ4n) is 1.55. The number of nitrogens with zero attached hydrogens (tertiary/aromatic N) is 3. The predicted molar refractivity (Wildman–Crippen MR) is 61.4 cm³/mol. The van der Waals surface area contributed by atoms with Crippen LogP contribution in [0.2, 0.25) is 0 Å². The van der Waals surface area contributed by atoms with Crippen molar-refractivity contribution in [3.63, 3.8) is 0 Å². The first-order valence-electron chi connectivity index (χ1n) is 5.33. The van der Waals surface area contributed by atoms with Gasteiger partial charge in [-0.15, -0.1) is 0 Å². The van der Waals surface area contributed by atoms with Crippen LogP contribution in [-0.4, -0.2) is 16.5 Å². The molecule has 0 unspecified atom stereocenters. The standard InChI is InChI=1S/C11H12N4O2/c1-11(3-4-11)7-14-10-9(15(16)17)8(6-12)2-5-13-10/h2,5H,3-4,7H2,1H3,(H,13,14). The second-order valence-electron chi connectivity index (χ2n) is 4.59. The van der Waals surface area contributed by atoms with Crippen LogP contribution in [0.5, 0.6) is 0 Å². The van der Waals surface area contributed by atoms with Crippen LogP contribution >= 0.6 is 0 Å². The first kappa shape index (κ1) is 11.3. The normalized spacial score (nSPS) is 16.0. The number of rotatable bonds is 4. The Hall–Kier alpha value is -2.16. The first-order valence-corrected chi connectivity index (χ1v) is 5.33. The fraction of sp³-hybridized carbons (Fsp3) is 0.455. The smallest absolute Gasteiger partial charge is 0.328 e. The maximum absolute atomic E-state index is 10.9. The Morgan fingerprint density at radius 1 is 1.71 bits per heavy atom. The highest BCUT2D eigenvalue weighted by atomic mass is 16.6. The second kappa shape index (κ2) is 4.01. The molecule has 0 bridgehead atoms. The van der Waals surface area contributed by atoms with Crippen LogP contribution in [0, 0.1) is 26.9 Å². The Morgan fingerprint density at radius 2 is 2.41 bits per heavy atom. The largest absolute Gasteiger partial charge is 0.364 e. The lowest BCUT2D eigenvalue weighted by atomic mass is 10.1. The summed E-state index contributed by atoms with van der Waals surface area (Å²) >= 11 is 0. The van der Waals surface area contributed by atoms with Crippen LogP contribution in [0.25, 0.3) is 0 Å². The SMILES string of the molecule is CC1(CNc2nccc(C#N)c2[N+](=O)[O-])CC1. The van der Waals surface area contributed by atoms with Gasteiger partial charge in [0.15, 0.2) is 0 Å². The summed E-state index contributed by atoms with van der Waals surface area (Å²) in [5.74, 6) is 0.183. The molecule has 0 spiro atoms. The van der Waals surface area contributed by atoms with Gasteiger partial charge < -0.3 is 5.32 Å². The van der Waals surface area contributed by atoms with Gasteiger partial charge in [0.25, 0.3) is 0 Å². The minimum atomic E-state index is -0.566. The van der Waals surface area contributed by atoms with E-state index in [-0.39, 0.29) is 22.5 Å². The number of hydrogen-bond acceptors (Lipinski definition) is 5. The highest BCUT2D eigenvalue weighted by molar-refractivity contribution is 5.64. The Morgan fingerprint density at radius 3 is 2.94 bits per heavy atom. The van der Waals surface area contributed by atoms with Gasteiger partial charge in [-0.1, -0.05) is 6.92 Å². The third-order valence-corrected chi connectivity index (χ3v) is 3.01. The van der Waals surface area contributed by atoms with Gasteiger partial charge in [0.1, 0.15) is 11.6 Å². The number of hydrogen-bond donors (Lipinski definition) is 1. The lowest BCUT2D eigenvalue weighted by Gasteiger charge is -2.10. The molecule has 0 aliphatic heterocycles.